The van der Waals surface area contributed by atoms with E-state index in [-0.39, 0.29) is 5.56 Å². The summed E-state index contributed by atoms with van der Waals surface area (Å²) in [6, 6.07) is 0. The first-order valence-corrected chi connectivity index (χ1v) is 5.99. The van der Waals surface area contributed by atoms with Crippen molar-refractivity contribution in [2.24, 2.45) is 0 Å². The average molecular weight is 251 g/mol. The average Bonchev–Trinajstić information content (AvgIpc) is 2.80. The summed E-state index contributed by atoms with van der Waals surface area (Å²) < 4.78 is 1.84. The van der Waals surface area contributed by atoms with Crippen LogP contribution in [0.4, 0.5) is 5.95 Å². The van der Waals surface area contributed by atoms with Gasteiger partial charge in [-0.25, -0.2) is 4.98 Å². The van der Waals surface area contributed by atoms with E-state index in [1.807, 2.05) is 11.5 Å². The Morgan fingerprint density at radius 3 is 3.06 bits per heavy atom. The molecule has 0 saturated heterocycles. The van der Waals surface area contributed by atoms with Gasteiger partial charge >= 0.3 is 5.56 Å². The maximum Gasteiger partial charge on any atom is 0.300 e. The van der Waals surface area contributed by atoms with Gasteiger partial charge in [0.05, 0.1) is 12.4 Å². The van der Waals surface area contributed by atoms with E-state index in [4.69, 9.17) is 0 Å². The molecule has 0 radical (unpaired) electrons. The Labute approximate surface area is 104 Å². The van der Waals surface area contributed by atoms with Crippen molar-refractivity contribution in [3.63, 3.8) is 0 Å². The summed E-state index contributed by atoms with van der Waals surface area (Å²) in [5.41, 5.74) is 0.652. The van der Waals surface area contributed by atoms with E-state index in [2.05, 4.69) is 20.3 Å². The molecule has 98 valence electrons. The van der Waals surface area contributed by atoms with Gasteiger partial charge in [-0.05, 0) is 13.3 Å². The number of aliphatic hydroxyl groups excluding tert-OH is 1. The van der Waals surface area contributed by atoms with E-state index in [1.54, 1.807) is 6.92 Å². The maximum absolute atomic E-state index is 11.8. The Balaban J connectivity index is 2.49. The summed E-state index contributed by atoms with van der Waals surface area (Å²) in [5.74, 6) is 0.447. The molecule has 0 amide bonds. The van der Waals surface area contributed by atoms with E-state index < -0.39 is 6.10 Å². The second-order valence-corrected chi connectivity index (χ2v) is 4.22. The number of aliphatic hydroxyl groups is 1. The lowest BCUT2D eigenvalue weighted by Gasteiger charge is -2.14. The van der Waals surface area contributed by atoms with Crippen molar-refractivity contribution in [3.8, 4) is 0 Å². The SMILES string of the molecule is CCCn1c(NCC(C)O)nc(=O)c2[nH]cnc21. The zero-order valence-corrected chi connectivity index (χ0v) is 10.5. The number of nitrogens with one attached hydrogen (secondary N) is 2. The Morgan fingerprint density at radius 2 is 2.39 bits per heavy atom. The predicted octanol–water partition coefficient (Wildman–Crippen LogP) is 0.322. The molecule has 0 fully saturated rings. The molecule has 0 aliphatic heterocycles. The van der Waals surface area contributed by atoms with E-state index in [0.717, 1.165) is 6.42 Å². The normalized spacial score (nSPS) is 12.8. The van der Waals surface area contributed by atoms with Gasteiger partial charge in [0.1, 0.15) is 0 Å². The van der Waals surface area contributed by atoms with Crippen molar-refractivity contribution in [2.75, 3.05) is 11.9 Å². The third kappa shape index (κ3) is 2.35. The molecule has 1 atom stereocenters. The summed E-state index contributed by atoms with van der Waals surface area (Å²) in [5, 5.41) is 12.2. The number of aromatic amines is 1. The zero-order valence-electron chi connectivity index (χ0n) is 10.5. The molecular formula is C11H17N5O2. The standard InChI is InChI=1S/C11H17N5O2/c1-3-4-16-9-8(13-6-14-9)10(18)15-11(16)12-5-7(2)17/h6-7,17H,3-5H2,1-2H3,(H,13,14)(H,12,15,18). The Kier molecular flexibility index (Phi) is 3.61. The number of aromatic nitrogens is 4. The molecule has 7 heteroatoms. The van der Waals surface area contributed by atoms with E-state index >= 15 is 0 Å². The van der Waals surface area contributed by atoms with Gasteiger partial charge < -0.3 is 15.4 Å². The van der Waals surface area contributed by atoms with Crippen LogP contribution in [0.5, 0.6) is 0 Å². The fourth-order valence-electron chi connectivity index (χ4n) is 1.77. The molecule has 2 rings (SSSR count). The Morgan fingerprint density at radius 1 is 1.61 bits per heavy atom. The summed E-state index contributed by atoms with van der Waals surface area (Å²) in [6.07, 6.45) is 1.88. The lowest BCUT2D eigenvalue weighted by molar-refractivity contribution is 0.208. The maximum atomic E-state index is 11.8. The number of imidazole rings is 1. The van der Waals surface area contributed by atoms with Crippen molar-refractivity contribution in [2.45, 2.75) is 32.9 Å². The molecule has 7 nitrogen and oxygen atoms in total. The molecule has 2 heterocycles. The third-order valence-electron chi connectivity index (χ3n) is 2.55. The molecule has 0 aliphatic carbocycles. The number of anilines is 1. The number of nitrogens with zero attached hydrogens (tertiary/aromatic N) is 3. The largest absolute Gasteiger partial charge is 0.392 e. The molecule has 0 saturated carbocycles. The minimum Gasteiger partial charge on any atom is -0.392 e. The summed E-state index contributed by atoms with van der Waals surface area (Å²) in [6.45, 7) is 4.75. The van der Waals surface area contributed by atoms with Crippen LogP contribution < -0.4 is 10.9 Å². The van der Waals surface area contributed by atoms with Crippen LogP contribution in [0.2, 0.25) is 0 Å². The Hall–Kier alpha value is -1.89. The van der Waals surface area contributed by atoms with Gasteiger partial charge in [0, 0.05) is 13.1 Å². The summed E-state index contributed by atoms with van der Waals surface area (Å²) >= 11 is 0. The molecule has 0 spiro atoms. The number of aryl methyl sites for hydroxylation is 1. The molecule has 18 heavy (non-hydrogen) atoms. The van der Waals surface area contributed by atoms with Crippen molar-refractivity contribution in [3.05, 3.63) is 16.7 Å². The number of rotatable bonds is 5. The summed E-state index contributed by atoms with van der Waals surface area (Å²) in [4.78, 5) is 22.7. The third-order valence-corrected chi connectivity index (χ3v) is 2.55. The zero-order chi connectivity index (χ0) is 13.1. The number of fused-ring (bicyclic) bond motifs is 1. The molecule has 0 aromatic carbocycles. The van der Waals surface area contributed by atoms with Gasteiger partial charge in [0.25, 0.3) is 0 Å². The lowest BCUT2D eigenvalue weighted by atomic mass is 10.4. The van der Waals surface area contributed by atoms with Gasteiger partial charge in [-0.2, -0.15) is 4.98 Å². The van der Waals surface area contributed by atoms with Crippen LogP contribution in [-0.2, 0) is 6.54 Å². The molecule has 2 aromatic heterocycles. The van der Waals surface area contributed by atoms with Crippen LogP contribution in [0.1, 0.15) is 20.3 Å². The second-order valence-electron chi connectivity index (χ2n) is 4.22. The fourth-order valence-corrected chi connectivity index (χ4v) is 1.77. The van der Waals surface area contributed by atoms with Gasteiger partial charge in [-0.1, -0.05) is 6.92 Å². The molecule has 3 N–H and O–H groups in total. The summed E-state index contributed by atoms with van der Waals surface area (Å²) in [7, 11) is 0. The topological polar surface area (TPSA) is 95.8 Å². The van der Waals surface area contributed by atoms with Crippen molar-refractivity contribution >= 4 is 17.1 Å². The van der Waals surface area contributed by atoms with E-state index in [1.165, 1.54) is 6.33 Å². The molecule has 2 aromatic rings. The van der Waals surface area contributed by atoms with Crippen molar-refractivity contribution in [1.29, 1.82) is 0 Å². The minimum atomic E-state index is -0.508. The van der Waals surface area contributed by atoms with Crippen LogP contribution in [0, 0.1) is 0 Å². The van der Waals surface area contributed by atoms with Crippen LogP contribution in [0.3, 0.4) is 0 Å². The van der Waals surface area contributed by atoms with Crippen LogP contribution in [-0.4, -0.2) is 37.3 Å². The lowest BCUT2D eigenvalue weighted by Crippen LogP contribution is -2.23. The van der Waals surface area contributed by atoms with Gasteiger partial charge in [-0.15, -0.1) is 0 Å². The van der Waals surface area contributed by atoms with Crippen LogP contribution in [0.25, 0.3) is 11.2 Å². The highest BCUT2D eigenvalue weighted by Crippen LogP contribution is 2.11. The van der Waals surface area contributed by atoms with Crippen molar-refractivity contribution in [1.82, 2.24) is 19.5 Å². The number of hydrogen-bond acceptors (Lipinski definition) is 5. The van der Waals surface area contributed by atoms with Gasteiger partial charge in [-0.3, -0.25) is 9.36 Å². The van der Waals surface area contributed by atoms with Crippen LogP contribution in [0.15, 0.2) is 11.1 Å². The van der Waals surface area contributed by atoms with Gasteiger partial charge in [0.2, 0.25) is 5.95 Å². The van der Waals surface area contributed by atoms with E-state index in [0.29, 0.717) is 30.2 Å². The first kappa shape index (κ1) is 12.6. The smallest absolute Gasteiger partial charge is 0.300 e. The monoisotopic (exact) mass is 251 g/mol. The van der Waals surface area contributed by atoms with E-state index in [9.17, 15) is 9.90 Å². The Bertz CT molecular complexity index is 587. The highest BCUT2D eigenvalue weighted by Gasteiger charge is 2.12. The van der Waals surface area contributed by atoms with Crippen LogP contribution >= 0.6 is 0 Å². The van der Waals surface area contributed by atoms with Crippen molar-refractivity contribution < 1.29 is 5.11 Å². The fraction of sp³-hybridized carbons (Fsp3) is 0.545. The minimum absolute atomic E-state index is 0.339. The molecule has 0 bridgehead atoms. The molecular weight excluding hydrogens is 234 g/mol. The highest BCUT2D eigenvalue weighted by molar-refractivity contribution is 5.71. The quantitative estimate of drug-likeness (QED) is 0.711. The number of hydrogen-bond donors (Lipinski definition) is 3. The molecule has 0 aliphatic rings. The highest BCUT2D eigenvalue weighted by atomic mass is 16.3. The predicted molar refractivity (Wildman–Crippen MR) is 68.6 cm³/mol. The second kappa shape index (κ2) is 5.18. The van der Waals surface area contributed by atoms with Gasteiger partial charge in [0.15, 0.2) is 11.2 Å². The number of H-pyrrole nitrogens is 1. The molecule has 1 unspecified atom stereocenters. The first-order valence-electron chi connectivity index (χ1n) is 5.99. The first-order chi connectivity index (χ1) is 8.63.